The van der Waals surface area contributed by atoms with Crippen molar-refractivity contribution in [2.75, 3.05) is 13.1 Å². The minimum atomic E-state index is 0.0547. The molecule has 6 heteroatoms. The predicted molar refractivity (Wildman–Crippen MR) is 145 cm³/mol. The van der Waals surface area contributed by atoms with Crippen molar-refractivity contribution in [1.29, 1.82) is 0 Å². The molecule has 0 spiro atoms. The number of rotatable bonds is 5. The SMILES string of the molecule is Cc1ccc2occ(CN3CCCC(c4nc(-c5ccncc5)ncc4-c4ccccc4)C3)c(=O)c2c1. The Labute approximate surface area is 215 Å². The molecule has 0 aliphatic carbocycles. The molecule has 0 N–H and O–H groups in total. The summed E-state index contributed by atoms with van der Waals surface area (Å²) in [5, 5.41) is 0.648. The lowest BCUT2D eigenvalue weighted by Gasteiger charge is -2.33. The molecule has 6 nitrogen and oxygen atoms in total. The van der Waals surface area contributed by atoms with E-state index >= 15 is 0 Å². The van der Waals surface area contributed by atoms with Gasteiger partial charge in [0.15, 0.2) is 11.3 Å². The van der Waals surface area contributed by atoms with E-state index in [-0.39, 0.29) is 11.3 Å². The quantitative estimate of drug-likeness (QED) is 0.302. The first-order valence-electron chi connectivity index (χ1n) is 12.7. The van der Waals surface area contributed by atoms with Gasteiger partial charge in [0, 0.05) is 54.3 Å². The highest BCUT2D eigenvalue weighted by atomic mass is 16.3. The summed E-state index contributed by atoms with van der Waals surface area (Å²) in [5.74, 6) is 0.932. The first-order chi connectivity index (χ1) is 18.2. The lowest BCUT2D eigenvalue weighted by atomic mass is 9.89. The van der Waals surface area contributed by atoms with E-state index in [4.69, 9.17) is 14.4 Å². The number of aryl methyl sites for hydroxylation is 1. The molecule has 1 saturated heterocycles. The molecule has 0 bridgehead atoms. The number of hydrogen-bond donors (Lipinski definition) is 0. The number of pyridine rings is 1. The van der Waals surface area contributed by atoms with Gasteiger partial charge in [0.2, 0.25) is 0 Å². The third-order valence-electron chi connectivity index (χ3n) is 7.13. The maximum Gasteiger partial charge on any atom is 0.197 e. The van der Waals surface area contributed by atoms with Gasteiger partial charge in [-0.25, -0.2) is 9.97 Å². The number of piperidine rings is 1. The van der Waals surface area contributed by atoms with Crippen LogP contribution in [-0.4, -0.2) is 32.9 Å². The van der Waals surface area contributed by atoms with Crippen molar-refractivity contribution in [3.05, 3.63) is 113 Å². The molecule has 3 aromatic heterocycles. The fourth-order valence-electron chi connectivity index (χ4n) is 5.24. The molecule has 0 saturated carbocycles. The zero-order valence-corrected chi connectivity index (χ0v) is 20.8. The van der Waals surface area contributed by atoms with Crippen molar-refractivity contribution in [2.45, 2.75) is 32.2 Å². The van der Waals surface area contributed by atoms with Gasteiger partial charge in [-0.1, -0.05) is 42.0 Å². The van der Waals surface area contributed by atoms with Crippen LogP contribution >= 0.6 is 0 Å². The third-order valence-corrected chi connectivity index (χ3v) is 7.13. The van der Waals surface area contributed by atoms with Crippen LogP contribution < -0.4 is 5.43 Å². The number of aromatic nitrogens is 3. The highest BCUT2D eigenvalue weighted by Crippen LogP contribution is 2.34. The molecule has 5 aromatic rings. The second-order valence-corrected chi connectivity index (χ2v) is 9.76. The first kappa shape index (κ1) is 23.3. The fraction of sp³-hybridized carbons (Fsp3) is 0.226. The minimum Gasteiger partial charge on any atom is -0.464 e. The van der Waals surface area contributed by atoms with Gasteiger partial charge >= 0.3 is 0 Å². The lowest BCUT2D eigenvalue weighted by Crippen LogP contribution is -2.35. The first-order valence-corrected chi connectivity index (χ1v) is 12.7. The van der Waals surface area contributed by atoms with Crippen molar-refractivity contribution < 1.29 is 4.42 Å². The summed E-state index contributed by atoms with van der Waals surface area (Å²) in [6.07, 6.45) is 9.18. The summed E-state index contributed by atoms with van der Waals surface area (Å²) in [4.78, 5) is 29.5. The van der Waals surface area contributed by atoms with E-state index in [2.05, 4.69) is 22.0 Å². The Balaban J connectivity index is 1.33. The molecule has 1 unspecified atom stereocenters. The molecule has 184 valence electrons. The van der Waals surface area contributed by atoms with Crippen molar-refractivity contribution in [3.63, 3.8) is 0 Å². The average molecular weight is 489 g/mol. The third kappa shape index (κ3) is 4.80. The zero-order valence-electron chi connectivity index (χ0n) is 20.8. The second-order valence-electron chi connectivity index (χ2n) is 9.76. The van der Waals surface area contributed by atoms with Crippen LogP contribution in [0.15, 0.2) is 94.7 Å². The Morgan fingerprint density at radius 2 is 1.86 bits per heavy atom. The highest BCUT2D eigenvalue weighted by Gasteiger charge is 2.26. The Kier molecular flexibility index (Phi) is 6.33. The van der Waals surface area contributed by atoms with Gasteiger partial charge < -0.3 is 4.42 Å². The van der Waals surface area contributed by atoms with Crippen molar-refractivity contribution in [2.24, 2.45) is 0 Å². The van der Waals surface area contributed by atoms with Gasteiger partial charge in [-0.2, -0.15) is 0 Å². The summed E-state index contributed by atoms with van der Waals surface area (Å²) >= 11 is 0. The number of nitrogens with zero attached hydrogens (tertiary/aromatic N) is 4. The van der Waals surface area contributed by atoms with Crippen LogP contribution in [0.3, 0.4) is 0 Å². The molecular weight excluding hydrogens is 460 g/mol. The van der Waals surface area contributed by atoms with Crippen molar-refractivity contribution in [3.8, 4) is 22.5 Å². The van der Waals surface area contributed by atoms with Gasteiger partial charge in [0.25, 0.3) is 0 Å². The van der Waals surface area contributed by atoms with Crippen LogP contribution in [0.1, 0.15) is 35.6 Å². The molecule has 2 aromatic carbocycles. The predicted octanol–water partition coefficient (Wildman–Crippen LogP) is 6.00. The molecule has 0 amide bonds. The molecule has 1 aliphatic heterocycles. The van der Waals surface area contributed by atoms with Crippen LogP contribution in [0.25, 0.3) is 33.5 Å². The fourth-order valence-corrected chi connectivity index (χ4v) is 5.24. The standard InChI is InChI=1S/C31H28N4O2/c1-21-9-10-28-26(16-21)30(36)25(20-37-28)19-35-15-5-8-24(18-35)29-27(22-6-3-2-4-7-22)17-33-31(34-29)23-11-13-32-14-12-23/h2-4,6-7,9-14,16-17,20,24H,5,8,15,18-19H2,1H3. The maximum atomic E-state index is 13.2. The topological polar surface area (TPSA) is 72.1 Å². The van der Waals surface area contributed by atoms with E-state index in [0.717, 1.165) is 53.9 Å². The van der Waals surface area contributed by atoms with Crippen LogP contribution in [0.2, 0.25) is 0 Å². The molecule has 37 heavy (non-hydrogen) atoms. The van der Waals surface area contributed by atoms with Crippen molar-refractivity contribution >= 4 is 11.0 Å². The molecule has 6 rings (SSSR count). The molecule has 1 atom stereocenters. The zero-order chi connectivity index (χ0) is 25.2. The summed E-state index contributed by atoms with van der Waals surface area (Å²) < 4.78 is 5.82. The number of hydrogen-bond acceptors (Lipinski definition) is 6. The summed E-state index contributed by atoms with van der Waals surface area (Å²) in [6, 6.07) is 20.0. The van der Waals surface area contributed by atoms with E-state index in [1.54, 1.807) is 18.7 Å². The number of benzene rings is 2. The van der Waals surface area contributed by atoms with Crippen molar-refractivity contribution in [1.82, 2.24) is 19.9 Å². The van der Waals surface area contributed by atoms with Crippen LogP contribution in [0, 0.1) is 6.92 Å². The lowest BCUT2D eigenvalue weighted by molar-refractivity contribution is 0.197. The van der Waals surface area contributed by atoms with Crippen LogP contribution in [0.4, 0.5) is 0 Å². The van der Waals surface area contributed by atoms with Crippen LogP contribution in [0.5, 0.6) is 0 Å². The Bertz CT molecular complexity index is 1600. The monoisotopic (exact) mass is 488 g/mol. The van der Waals surface area contributed by atoms with Gasteiger partial charge in [-0.05, 0) is 56.1 Å². The van der Waals surface area contributed by atoms with E-state index in [1.165, 1.54) is 0 Å². The summed E-state index contributed by atoms with van der Waals surface area (Å²) in [6.45, 7) is 4.31. The van der Waals surface area contributed by atoms with E-state index in [0.29, 0.717) is 28.9 Å². The van der Waals surface area contributed by atoms with Gasteiger partial charge in [0.1, 0.15) is 5.58 Å². The molecule has 0 radical (unpaired) electrons. The summed E-state index contributed by atoms with van der Waals surface area (Å²) in [5.41, 5.74) is 6.62. The Hall–Kier alpha value is -4.16. The Morgan fingerprint density at radius 1 is 1.03 bits per heavy atom. The minimum absolute atomic E-state index is 0.0547. The molecule has 4 heterocycles. The van der Waals surface area contributed by atoms with E-state index in [1.807, 2.05) is 61.7 Å². The number of likely N-dealkylation sites (tertiary alicyclic amines) is 1. The largest absolute Gasteiger partial charge is 0.464 e. The van der Waals surface area contributed by atoms with Gasteiger partial charge in [-0.3, -0.25) is 14.7 Å². The Morgan fingerprint density at radius 3 is 2.70 bits per heavy atom. The second kappa shape index (κ2) is 10.1. The molecular formula is C31H28N4O2. The summed E-state index contributed by atoms with van der Waals surface area (Å²) in [7, 11) is 0. The van der Waals surface area contributed by atoms with Gasteiger partial charge in [-0.15, -0.1) is 0 Å². The molecule has 1 fully saturated rings. The van der Waals surface area contributed by atoms with E-state index < -0.39 is 0 Å². The smallest absolute Gasteiger partial charge is 0.197 e. The molecule has 1 aliphatic rings. The van der Waals surface area contributed by atoms with Crippen LogP contribution in [-0.2, 0) is 6.54 Å². The average Bonchev–Trinajstić information content (AvgIpc) is 2.96. The normalized spacial score (nSPS) is 16.2. The maximum absolute atomic E-state index is 13.2. The number of fused-ring (bicyclic) bond motifs is 1. The van der Waals surface area contributed by atoms with Gasteiger partial charge in [0.05, 0.1) is 17.3 Å². The van der Waals surface area contributed by atoms with E-state index in [9.17, 15) is 4.79 Å². The highest BCUT2D eigenvalue weighted by molar-refractivity contribution is 5.77.